The highest BCUT2D eigenvalue weighted by molar-refractivity contribution is 7.85. The minimum atomic E-state index is -3.97. The quantitative estimate of drug-likeness (QED) is 0.580. The monoisotopic (exact) mass is 269 g/mol. The maximum atomic E-state index is 9.89. The lowest BCUT2D eigenvalue weighted by Gasteiger charge is -2.25. The Morgan fingerprint density at radius 2 is 1.35 bits per heavy atom. The molecule has 17 heavy (non-hydrogen) atoms. The molecule has 0 rings (SSSR count). The van der Waals surface area contributed by atoms with E-state index in [4.69, 9.17) is 0 Å². The molecular weight excluding hydrogens is 238 g/mol. The van der Waals surface area contributed by atoms with Gasteiger partial charge in [0, 0.05) is 11.7 Å². The van der Waals surface area contributed by atoms with Crippen molar-refractivity contribution >= 4 is 10.1 Å². The van der Waals surface area contributed by atoms with E-state index in [1.54, 1.807) is 13.8 Å². The summed E-state index contributed by atoms with van der Waals surface area (Å²) < 4.78 is 30.7. The summed E-state index contributed by atoms with van der Waals surface area (Å²) in [5.41, 5.74) is 0. The summed E-state index contributed by atoms with van der Waals surface area (Å²) in [5.74, 6) is 0.500. The van der Waals surface area contributed by atoms with E-state index in [0.29, 0.717) is 0 Å². The van der Waals surface area contributed by atoms with E-state index < -0.39 is 10.1 Å². The Kier molecular flexibility index (Phi) is 11.5. The fourth-order valence-corrected chi connectivity index (χ4v) is 2.32. The third-order valence-corrected chi connectivity index (χ3v) is 2.53. The van der Waals surface area contributed by atoms with Crippen LogP contribution in [0.4, 0.5) is 0 Å². The molecule has 5 heteroatoms. The van der Waals surface area contributed by atoms with Crippen LogP contribution in [0.3, 0.4) is 0 Å². The summed E-state index contributed by atoms with van der Waals surface area (Å²) in [7, 11) is 2.69. The SMILES string of the molecule is C.CC(C)CS(=O)(=O)[O-].CC(C)C[N+](C)(C)C. The summed E-state index contributed by atoms with van der Waals surface area (Å²) in [4.78, 5) is 0. The highest BCUT2D eigenvalue weighted by atomic mass is 32.2. The van der Waals surface area contributed by atoms with Crippen molar-refractivity contribution in [1.82, 2.24) is 0 Å². The predicted molar refractivity (Wildman–Crippen MR) is 73.9 cm³/mol. The first-order chi connectivity index (χ1) is 6.83. The van der Waals surface area contributed by atoms with Gasteiger partial charge in [0.05, 0.1) is 37.8 Å². The minimum Gasteiger partial charge on any atom is -0.748 e. The average Bonchev–Trinajstić information content (AvgIpc) is 1.72. The van der Waals surface area contributed by atoms with Gasteiger partial charge in [-0.2, -0.15) is 0 Å². The molecule has 0 atom stereocenters. The zero-order valence-corrected chi connectivity index (χ0v) is 12.5. The van der Waals surface area contributed by atoms with Crippen LogP contribution in [0.2, 0.25) is 0 Å². The molecule has 0 amide bonds. The summed E-state index contributed by atoms with van der Waals surface area (Å²) in [6.07, 6.45) is 0. The molecule has 0 saturated heterocycles. The smallest absolute Gasteiger partial charge is 0.0948 e. The van der Waals surface area contributed by atoms with Gasteiger partial charge < -0.3 is 9.04 Å². The zero-order valence-electron chi connectivity index (χ0n) is 11.6. The van der Waals surface area contributed by atoms with Gasteiger partial charge in [-0.1, -0.05) is 35.1 Å². The molecule has 0 aromatic heterocycles. The Bertz CT molecular complexity index is 264. The molecular formula is C12H31NO3S. The second-order valence-electron chi connectivity index (χ2n) is 5.98. The van der Waals surface area contributed by atoms with Crippen LogP contribution < -0.4 is 0 Å². The van der Waals surface area contributed by atoms with Crippen LogP contribution in [0.5, 0.6) is 0 Å². The molecule has 0 bridgehead atoms. The van der Waals surface area contributed by atoms with Crippen LogP contribution in [0.25, 0.3) is 0 Å². The van der Waals surface area contributed by atoms with Gasteiger partial charge in [0.15, 0.2) is 0 Å². The molecule has 0 spiro atoms. The standard InChI is InChI=1S/C7H18N.C4H10O3S.CH4/c1-7(2)6-8(3,4)5;1-4(2)3-8(5,6)7;/h7H,6H2,1-5H3;4H,3H2,1-2H3,(H,5,6,7);1H4/q+1;;/p-1. The van der Waals surface area contributed by atoms with Crippen LogP contribution in [-0.4, -0.2) is 50.9 Å². The molecule has 0 radical (unpaired) electrons. The first-order valence-electron chi connectivity index (χ1n) is 5.57. The lowest BCUT2D eigenvalue weighted by molar-refractivity contribution is -0.873. The van der Waals surface area contributed by atoms with Crippen molar-refractivity contribution in [3.63, 3.8) is 0 Å². The summed E-state index contributed by atoms with van der Waals surface area (Å²) in [6, 6.07) is 0. The fourth-order valence-electron chi connectivity index (χ4n) is 1.50. The molecule has 0 heterocycles. The van der Waals surface area contributed by atoms with Gasteiger partial charge in [-0.25, -0.2) is 8.42 Å². The third-order valence-electron chi connectivity index (χ3n) is 1.45. The molecule has 0 aromatic rings. The van der Waals surface area contributed by atoms with Crippen molar-refractivity contribution in [1.29, 1.82) is 0 Å². The first-order valence-corrected chi connectivity index (χ1v) is 7.15. The van der Waals surface area contributed by atoms with Crippen LogP contribution in [0, 0.1) is 11.8 Å². The molecule has 0 fully saturated rings. The van der Waals surface area contributed by atoms with E-state index in [2.05, 4.69) is 35.0 Å². The van der Waals surface area contributed by atoms with Gasteiger partial charge in [-0.05, 0) is 5.92 Å². The topological polar surface area (TPSA) is 57.2 Å². The summed E-state index contributed by atoms with van der Waals surface area (Å²) in [5, 5.41) is 0. The van der Waals surface area contributed by atoms with Gasteiger partial charge in [0.25, 0.3) is 0 Å². The Balaban J connectivity index is -0.000000218. The van der Waals surface area contributed by atoms with E-state index in [9.17, 15) is 13.0 Å². The summed E-state index contributed by atoms with van der Waals surface area (Å²) in [6.45, 7) is 9.15. The molecule has 4 nitrogen and oxygen atoms in total. The van der Waals surface area contributed by atoms with Crippen LogP contribution in [-0.2, 0) is 10.1 Å². The van der Waals surface area contributed by atoms with E-state index in [0.717, 1.165) is 10.4 Å². The van der Waals surface area contributed by atoms with Crippen molar-refractivity contribution in [3.05, 3.63) is 0 Å². The second-order valence-corrected chi connectivity index (χ2v) is 7.43. The number of hydrogen-bond donors (Lipinski definition) is 0. The van der Waals surface area contributed by atoms with Crippen LogP contribution in [0.1, 0.15) is 35.1 Å². The van der Waals surface area contributed by atoms with Gasteiger partial charge in [0.2, 0.25) is 0 Å². The van der Waals surface area contributed by atoms with E-state index in [-0.39, 0.29) is 19.1 Å². The fraction of sp³-hybridized carbons (Fsp3) is 1.00. The maximum Gasteiger partial charge on any atom is 0.0948 e. The average molecular weight is 269 g/mol. The molecule has 0 aliphatic rings. The van der Waals surface area contributed by atoms with Crippen LogP contribution >= 0.6 is 0 Å². The number of nitrogens with zero attached hydrogens (tertiary/aromatic N) is 1. The molecule has 0 aromatic carbocycles. The molecule has 0 unspecified atom stereocenters. The van der Waals surface area contributed by atoms with Crippen molar-refractivity contribution in [2.24, 2.45) is 11.8 Å². The van der Waals surface area contributed by atoms with Gasteiger partial charge in [-0.3, -0.25) is 0 Å². The Hall–Kier alpha value is -0.130. The highest BCUT2D eigenvalue weighted by Gasteiger charge is 2.08. The molecule has 0 aliphatic carbocycles. The van der Waals surface area contributed by atoms with Gasteiger partial charge >= 0.3 is 0 Å². The van der Waals surface area contributed by atoms with E-state index in [1.165, 1.54) is 6.54 Å². The third kappa shape index (κ3) is 31.3. The Labute approximate surface area is 108 Å². The first kappa shape index (κ1) is 22.1. The van der Waals surface area contributed by atoms with Gasteiger partial charge in [-0.15, -0.1) is 0 Å². The predicted octanol–water partition coefficient (Wildman–Crippen LogP) is 2.17. The number of quaternary nitrogens is 1. The molecule has 108 valence electrons. The molecule has 0 saturated carbocycles. The maximum absolute atomic E-state index is 9.89. The molecule has 0 N–H and O–H groups in total. The number of hydrogen-bond acceptors (Lipinski definition) is 3. The summed E-state index contributed by atoms with van der Waals surface area (Å²) >= 11 is 0. The normalized spacial score (nSPS) is 11.9. The van der Waals surface area contributed by atoms with Crippen molar-refractivity contribution < 1.29 is 17.5 Å². The Morgan fingerprint density at radius 1 is 1.00 bits per heavy atom. The zero-order chi connectivity index (χ0) is 13.6. The second kappa shape index (κ2) is 8.89. The van der Waals surface area contributed by atoms with E-state index >= 15 is 0 Å². The highest BCUT2D eigenvalue weighted by Crippen LogP contribution is 1.98. The van der Waals surface area contributed by atoms with Crippen molar-refractivity contribution in [2.45, 2.75) is 35.1 Å². The van der Waals surface area contributed by atoms with Crippen molar-refractivity contribution in [3.8, 4) is 0 Å². The van der Waals surface area contributed by atoms with Crippen molar-refractivity contribution in [2.75, 3.05) is 33.4 Å². The van der Waals surface area contributed by atoms with Gasteiger partial charge in [0.1, 0.15) is 0 Å². The Morgan fingerprint density at radius 3 is 1.35 bits per heavy atom. The lowest BCUT2D eigenvalue weighted by Crippen LogP contribution is -2.37. The number of rotatable bonds is 4. The minimum absolute atomic E-state index is 0. The lowest BCUT2D eigenvalue weighted by atomic mass is 10.2. The van der Waals surface area contributed by atoms with Crippen LogP contribution in [0.15, 0.2) is 0 Å². The molecule has 0 aliphatic heterocycles. The largest absolute Gasteiger partial charge is 0.748 e. The van der Waals surface area contributed by atoms with E-state index in [1.807, 2.05) is 0 Å².